The van der Waals surface area contributed by atoms with E-state index in [0.29, 0.717) is 17.1 Å². The SMILES string of the molecule is NC(=O)CN1C(=O)C(Br)CC(c2cccc(Cl)c2)c2ccccc21. The molecule has 124 valence electrons. The highest BCUT2D eigenvalue weighted by atomic mass is 79.9. The summed E-state index contributed by atoms with van der Waals surface area (Å²) in [6.45, 7) is -0.139. The molecule has 0 radical (unpaired) electrons. The standard InChI is InChI=1S/C18H16BrClN2O2/c19-15-9-14(11-4-3-5-12(20)8-11)13-6-1-2-7-16(13)22(18(15)24)10-17(21)23/h1-8,14-15H,9-10H2,(H2,21,23). The Labute approximate surface area is 153 Å². The number of nitrogens with zero attached hydrogens (tertiary/aromatic N) is 1. The summed E-state index contributed by atoms with van der Waals surface area (Å²) in [6, 6.07) is 15.2. The molecule has 24 heavy (non-hydrogen) atoms. The topological polar surface area (TPSA) is 63.4 Å². The van der Waals surface area contributed by atoms with Crippen molar-refractivity contribution in [3.63, 3.8) is 0 Å². The first-order valence-corrected chi connectivity index (χ1v) is 8.85. The van der Waals surface area contributed by atoms with Crippen LogP contribution in [0, 0.1) is 0 Å². The Kier molecular flexibility index (Phi) is 4.92. The van der Waals surface area contributed by atoms with Gasteiger partial charge >= 0.3 is 0 Å². The van der Waals surface area contributed by atoms with Gasteiger partial charge in [0, 0.05) is 16.6 Å². The van der Waals surface area contributed by atoms with E-state index in [2.05, 4.69) is 15.9 Å². The van der Waals surface area contributed by atoms with E-state index < -0.39 is 10.7 Å². The second kappa shape index (κ2) is 6.95. The van der Waals surface area contributed by atoms with Crippen LogP contribution in [-0.2, 0) is 9.59 Å². The van der Waals surface area contributed by atoms with Crippen LogP contribution < -0.4 is 10.6 Å². The van der Waals surface area contributed by atoms with Gasteiger partial charge in [-0.15, -0.1) is 0 Å². The van der Waals surface area contributed by atoms with Gasteiger partial charge in [0.2, 0.25) is 11.8 Å². The quantitative estimate of drug-likeness (QED) is 0.792. The van der Waals surface area contributed by atoms with E-state index in [0.717, 1.165) is 11.1 Å². The zero-order valence-electron chi connectivity index (χ0n) is 12.8. The average molecular weight is 408 g/mol. The summed E-state index contributed by atoms with van der Waals surface area (Å²) in [6.07, 6.45) is 0.575. The van der Waals surface area contributed by atoms with Crippen molar-refractivity contribution in [3.05, 3.63) is 64.7 Å². The Morgan fingerprint density at radius 3 is 2.71 bits per heavy atom. The van der Waals surface area contributed by atoms with E-state index in [-0.39, 0.29) is 18.4 Å². The van der Waals surface area contributed by atoms with Crippen molar-refractivity contribution in [2.24, 2.45) is 5.73 Å². The molecule has 0 saturated carbocycles. The Hall–Kier alpha value is -1.85. The molecular weight excluding hydrogens is 392 g/mol. The number of benzene rings is 2. The summed E-state index contributed by atoms with van der Waals surface area (Å²) in [5.41, 5.74) is 8.07. The summed E-state index contributed by atoms with van der Waals surface area (Å²) < 4.78 is 0. The van der Waals surface area contributed by atoms with Crippen LogP contribution in [-0.4, -0.2) is 23.2 Å². The van der Waals surface area contributed by atoms with Gasteiger partial charge in [0.05, 0.1) is 4.83 Å². The highest BCUT2D eigenvalue weighted by Gasteiger charge is 2.34. The van der Waals surface area contributed by atoms with Crippen LogP contribution in [0.2, 0.25) is 5.02 Å². The monoisotopic (exact) mass is 406 g/mol. The smallest absolute Gasteiger partial charge is 0.241 e. The summed E-state index contributed by atoms with van der Waals surface area (Å²) in [4.78, 5) is 25.2. The Morgan fingerprint density at radius 2 is 2.00 bits per heavy atom. The van der Waals surface area contributed by atoms with Crippen molar-refractivity contribution in [2.45, 2.75) is 17.2 Å². The minimum absolute atomic E-state index is 0.00824. The molecule has 2 unspecified atom stereocenters. The highest BCUT2D eigenvalue weighted by Crippen LogP contribution is 2.41. The van der Waals surface area contributed by atoms with Crippen molar-refractivity contribution in [1.82, 2.24) is 0 Å². The molecule has 1 aliphatic rings. The summed E-state index contributed by atoms with van der Waals surface area (Å²) in [5, 5.41) is 0.653. The number of anilines is 1. The van der Waals surface area contributed by atoms with Gasteiger partial charge in [-0.3, -0.25) is 9.59 Å². The lowest BCUT2D eigenvalue weighted by Crippen LogP contribution is -2.41. The summed E-state index contributed by atoms with van der Waals surface area (Å²) in [5.74, 6) is -0.712. The van der Waals surface area contributed by atoms with E-state index in [9.17, 15) is 9.59 Å². The molecule has 1 aliphatic heterocycles. The van der Waals surface area contributed by atoms with Crippen molar-refractivity contribution < 1.29 is 9.59 Å². The molecular formula is C18H16BrClN2O2. The second-order valence-electron chi connectivity index (χ2n) is 5.76. The maximum absolute atomic E-state index is 12.7. The lowest BCUT2D eigenvalue weighted by Gasteiger charge is -2.23. The van der Waals surface area contributed by atoms with Crippen LogP contribution in [0.4, 0.5) is 5.69 Å². The summed E-state index contributed by atoms with van der Waals surface area (Å²) >= 11 is 9.62. The predicted octanol–water partition coefficient (Wildman–Crippen LogP) is 3.46. The van der Waals surface area contributed by atoms with Gasteiger partial charge in [0.15, 0.2) is 0 Å². The minimum Gasteiger partial charge on any atom is -0.368 e. The highest BCUT2D eigenvalue weighted by molar-refractivity contribution is 9.10. The number of rotatable bonds is 3. The molecule has 2 atom stereocenters. The molecule has 2 amide bonds. The molecule has 0 saturated heterocycles. The van der Waals surface area contributed by atoms with Crippen LogP contribution >= 0.6 is 27.5 Å². The van der Waals surface area contributed by atoms with Gasteiger partial charge in [-0.25, -0.2) is 0 Å². The number of fused-ring (bicyclic) bond motifs is 1. The molecule has 0 spiro atoms. The first-order valence-electron chi connectivity index (χ1n) is 7.55. The largest absolute Gasteiger partial charge is 0.368 e. The van der Waals surface area contributed by atoms with E-state index >= 15 is 0 Å². The molecule has 2 aromatic rings. The molecule has 0 aromatic heterocycles. The van der Waals surface area contributed by atoms with Gasteiger partial charge in [-0.05, 0) is 35.7 Å². The molecule has 2 N–H and O–H groups in total. The molecule has 1 heterocycles. The number of para-hydroxylation sites is 1. The van der Waals surface area contributed by atoms with Gasteiger partial charge in [0.1, 0.15) is 6.54 Å². The number of amides is 2. The van der Waals surface area contributed by atoms with Crippen molar-refractivity contribution in [3.8, 4) is 0 Å². The molecule has 4 nitrogen and oxygen atoms in total. The third-order valence-corrected chi connectivity index (χ3v) is 5.15. The number of primary amides is 1. The van der Waals surface area contributed by atoms with Crippen LogP contribution in [0.3, 0.4) is 0 Å². The first-order chi connectivity index (χ1) is 11.5. The second-order valence-corrected chi connectivity index (χ2v) is 7.30. The van der Waals surface area contributed by atoms with Crippen LogP contribution in [0.25, 0.3) is 0 Å². The third-order valence-electron chi connectivity index (χ3n) is 4.14. The van der Waals surface area contributed by atoms with Crippen molar-refractivity contribution in [2.75, 3.05) is 11.4 Å². The Bertz CT molecular complexity index is 796. The number of carbonyl (C=O) groups excluding carboxylic acids is 2. The van der Waals surface area contributed by atoms with E-state index in [1.807, 2.05) is 48.5 Å². The van der Waals surface area contributed by atoms with Crippen molar-refractivity contribution >= 4 is 45.0 Å². The predicted molar refractivity (Wildman–Crippen MR) is 98.6 cm³/mol. The summed E-state index contributed by atoms with van der Waals surface area (Å²) in [7, 11) is 0. The number of alkyl halides is 1. The maximum atomic E-state index is 12.7. The Balaban J connectivity index is 2.14. The lowest BCUT2D eigenvalue weighted by atomic mass is 9.87. The van der Waals surface area contributed by atoms with Crippen molar-refractivity contribution in [1.29, 1.82) is 0 Å². The van der Waals surface area contributed by atoms with E-state index in [4.69, 9.17) is 17.3 Å². The van der Waals surface area contributed by atoms with E-state index in [1.165, 1.54) is 4.90 Å². The molecule has 2 aromatic carbocycles. The third kappa shape index (κ3) is 3.32. The van der Waals surface area contributed by atoms with Gasteiger partial charge < -0.3 is 10.6 Å². The minimum atomic E-state index is -0.543. The number of halogens is 2. The molecule has 0 aliphatic carbocycles. The fourth-order valence-electron chi connectivity index (χ4n) is 3.11. The molecule has 0 bridgehead atoms. The number of hydrogen-bond donors (Lipinski definition) is 1. The fraction of sp³-hybridized carbons (Fsp3) is 0.222. The lowest BCUT2D eigenvalue weighted by molar-refractivity contribution is -0.122. The number of carbonyl (C=O) groups is 2. The van der Waals surface area contributed by atoms with Crippen LogP contribution in [0.5, 0.6) is 0 Å². The first kappa shape index (κ1) is 17.0. The zero-order valence-corrected chi connectivity index (χ0v) is 15.1. The number of nitrogens with two attached hydrogens (primary N) is 1. The Morgan fingerprint density at radius 1 is 1.25 bits per heavy atom. The van der Waals surface area contributed by atoms with Crippen LogP contribution in [0.15, 0.2) is 48.5 Å². The van der Waals surface area contributed by atoms with Crippen LogP contribution in [0.1, 0.15) is 23.5 Å². The molecule has 0 fully saturated rings. The zero-order chi connectivity index (χ0) is 17.3. The van der Waals surface area contributed by atoms with Gasteiger partial charge in [0.25, 0.3) is 0 Å². The van der Waals surface area contributed by atoms with E-state index in [1.54, 1.807) is 0 Å². The number of hydrogen-bond acceptors (Lipinski definition) is 2. The maximum Gasteiger partial charge on any atom is 0.241 e. The fourth-order valence-corrected chi connectivity index (χ4v) is 3.93. The molecule has 3 rings (SSSR count). The molecule has 6 heteroatoms. The average Bonchev–Trinajstić information content (AvgIpc) is 2.65. The van der Waals surface area contributed by atoms with Gasteiger partial charge in [-0.1, -0.05) is 57.9 Å². The normalized spacial score (nSPS) is 20.4. The van der Waals surface area contributed by atoms with Gasteiger partial charge in [-0.2, -0.15) is 0 Å².